The van der Waals surface area contributed by atoms with Crippen LogP contribution in [0.25, 0.3) is 0 Å². The van der Waals surface area contributed by atoms with E-state index in [-0.39, 0.29) is 24.8 Å². The number of aliphatic hydroxyl groups excluding tert-OH is 5. The van der Waals surface area contributed by atoms with Crippen molar-refractivity contribution in [1.82, 2.24) is 20.2 Å². The molecule has 13 nitrogen and oxygen atoms in total. The van der Waals surface area contributed by atoms with Crippen LogP contribution in [0.5, 0.6) is 5.75 Å². The number of carbonyl (C=O) groups excluding carboxylic acids is 1. The number of guanidine groups is 1. The fourth-order valence-corrected chi connectivity index (χ4v) is 3.67. The zero-order valence-corrected chi connectivity index (χ0v) is 22.1. The highest BCUT2D eigenvalue weighted by atomic mass is 16.5. The molecule has 0 fully saturated rings. The molecule has 8 N–H and O–H groups in total. The van der Waals surface area contributed by atoms with Crippen LogP contribution in [-0.4, -0.2) is 110 Å². The Kier molecular flexibility index (Phi) is 14.3. The molecule has 0 saturated carbocycles. The van der Waals surface area contributed by atoms with Gasteiger partial charge in [-0.3, -0.25) is 20.0 Å². The van der Waals surface area contributed by atoms with Crippen LogP contribution in [-0.2, 0) is 0 Å². The van der Waals surface area contributed by atoms with E-state index in [0.717, 1.165) is 25.7 Å². The van der Waals surface area contributed by atoms with Crippen LogP contribution in [0, 0.1) is 0 Å². The van der Waals surface area contributed by atoms with Gasteiger partial charge in [0.1, 0.15) is 36.4 Å². The summed E-state index contributed by atoms with van der Waals surface area (Å²) in [6, 6.07) is 6.75. The lowest BCUT2D eigenvalue weighted by atomic mass is 10.0. The predicted octanol–water partition coefficient (Wildman–Crippen LogP) is -0.450. The standard InChI is InChI=1S/C26H40N6O7/c1-2-3-4-5-12-32(16-21(34)23(36)24(37)22(35)17-33)13-14-39-19-8-6-18(7-9-19)30-26(27)31-25(38)20-15-28-10-11-29-20/h6-11,15,21-24,33-37H,2-5,12-14,16-17H2,1H3,(H3,27,30,31,38)/t21-,22+,23+,24+/m1/s1. The SMILES string of the molecule is CCCCCCN(CCOc1ccc(N=C(N)NC(=O)c2cnccn2)cc1)C[C@@H](O)[C@H](O)[C@@H](O)[C@@H](O)CO. The van der Waals surface area contributed by atoms with Crippen molar-refractivity contribution in [2.24, 2.45) is 10.7 Å². The number of unbranched alkanes of at least 4 members (excludes halogenated alkanes) is 3. The second kappa shape index (κ2) is 17.4. The molecule has 0 aliphatic heterocycles. The molecule has 2 rings (SSSR count). The molecule has 216 valence electrons. The highest BCUT2D eigenvalue weighted by molar-refractivity contribution is 6.04. The molecular formula is C26H40N6O7. The van der Waals surface area contributed by atoms with Crippen LogP contribution in [0.4, 0.5) is 5.69 Å². The average molecular weight is 549 g/mol. The second-order valence-electron chi connectivity index (χ2n) is 9.04. The zero-order valence-electron chi connectivity index (χ0n) is 22.1. The van der Waals surface area contributed by atoms with Gasteiger partial charge >= 0.3 is 0 Å². The number of rotatable bonds is 17. The second-order valence-corrected chi connectivity index (χ2v) is 9.04. The number of ether oxygens (including phenoxy) is 1. The first kappa shape index (κ1) is 32.0. The van der Waals surface area contributed by atoms with Crippen LogP contribution >= 0.6 is 0 Å². The summed E-state index contributed by atoms with van der Waals surface area (Å²) >= 11 is 0. The molecule has 1 amide bonds. The number of carbonyl (C=O) groups is 1. The smallest absolute Gasteiger partial charge is 0.278 e. The number of amides is 1. The quantitative estimate of drug-likeness (QED) is 0.0765. The van der Waals surface area contributed by atoms with Crippen LogP contribution in [0.15, 0.2) is 47.8 Å². The summed E-state index contributed by atoms with van der Waals surface area (Å²) in [6.45, 7) is 2.82. The van der Waals surface area contributed by atoms with E-state index in [2.05, 4.69) is 27.2 Å². The van der Waals surface area contributed by atoms with Crippen LogP contribution in [0.2, 0.25) is 0 Å². The van der Waals surface area contributed by atoms with Gasteiger partial charge in [0.15, 0.2) is 0 Å². The van der Waals surface area contributed by atoms with Gasteiger partial charge in [0.25, 0.3) is 5.91 Å². The van der Waals surface area contributed by atoms with Gasteiger partial charge in [-0.05, 0) is 37.2 Å². The normalized spacial score (nSPS) is 15.0. The van der Waals surface area contributed by atoms with Gasteiger partial charge in [-0.2, -0.15) is 0 Å². The molecule has 0 unspecified atom stereocenters. The van der Waals surface area contributed by atoms with E-state index in [9.17, 15) is 25.2 Å². The Morgan fingerprint density at radius 2 is 1.77 bits per heavy atom. The number of aromatic nitrogens is 2. The Bertz CT molecular complexity index is 996. The Labute approximate surface area is 228 Å². The molecule has 0 radical (unpaired) electrons. The van der Waals surface area contributed by atoms with Crippen molar-refractivity contribution in [1.29, 1.82) is 0 Å². The summed E-state index contributed by atoms with van der Waals surface area (Å²) in [5, 5.41) is 51.5. The Hall–Kier alpha value is -3.20. The van der Waals surface area contributed by atoms with Crippen molar-refractivity contribution in [3.05, 3.63) is 48.5 Å². The van der Waals surface area contributed by atoms with E-state index in [1.165, 1.54) is 18.6 Å². The lowest BCUT2D eigenvalue weighted by Crippen LogP contribution is -2.50. The fraction of sp³-hybridized carbons (Fsp3) is 0.538. The third-order valence-electron chi connectivity index (χ3n) is 5.90. The van der Waals surface area contributed by atoms with Crippen molar-refractivity contribution in [2.45, 2.75) is 57.0 Å². The monoisotopic (exact) mass is 548 g/mol. The Balaban J connectivity index is 1.89. The van der Waals surface area contributed by atoms with Gasteiger partial charge in [0.05, 0.1) is 24.6 Å². The highest BCUT2D eigenvalue weighted by Crippen LogP contribution is 2.18. The highest BCUT2D eigenvalue weighted by Gasteiger charge is 2.31. The largest absolute Gasteiger partial charge is 0.492 e. The van der Waals surface area contributed by atoms with Crippen molar-refractivity contribution in [3.63, 3.8) is 0 Å². The molecule has 1 heterocycles. The lowest BCUT2D eigenvalue weighted by Gasteiger charge is -2.30. The molecule has 1 aromatic carbocycles. The van der Waals surface area contributed by atoms with E-state index in [4.69, 9.17) is 15.6 Å². The summed E-state index contributed by atoms with van der Waals surface area (Å²) in [5.74, 6) is -0.0557. The summed E-state index contributed by atoms with van der Waals surface area (Å²) in [6.07, 6.45) is 2.07. The van der Waals surface area contributed by atoms with E-state index >= 15 is 0 Å². The summed E-state index contributed by atoms with van der Waals surface area (Å²) < 4.78 is 5.82. The number of aliphatic hydroxyl groups is 5. The first-order chi connectivity index (χ1) is 18.7. The Morgan fingerprint density at radius 3 is 2.41 bits per heavy atom. The average Bonchev–Trinajstić information content (AvgIpc) is 2.95. The third-order valence-corrected chi connectivity index (χ3v) is 5.90. The van der Waals surface area contributed by atoms with Crippen molar-refractivity contribution >= 4 is 17.6 Å². The number of nitrogens with two attached hydrogens (primary N) is 1. The molecule has 39 heavy (non-hydrogen) atoms. The predicted molar refractivity (Wildman–Crippen MR) is 144 cm³/mol. The minimum Gasteiger partial charge on any atom is -0.492 e. The molecule has 4 atom stereocenters. The molecule has 0 aliphatic carbocycles. The van der Waals surface area contributed by atoms with Gasteiger partial charge in [0, 0.05) is 25.5 Å². The number of nitrogens with one attached hydrogen (secondary N) is 1. The van der Waals surface area contributed by atoms with Gasteiger partial charge in [-0.25, -0.2) is 9.98 Å². The maximum absolute atomic E-state index is 12.1. The Morgan fingerprint density at radius 1 is 1.05 bits per heavy atom. The molecule has 2 aromatic rings. The fourth-order valence-electron chi connectivity index (χ4n) is 3.67. The topological polar surface area (TPSA) is 207 Å². The van der Waals surface area contributed by atoms with Crippen LogP contribution in [0.3, 0.4) is 0 Å². The van der Waals surface area contributed by atoms with Gasteiger partial charge in [0.2, 0.25) is 5.96 Å². The number of benzene rings is 1. The first-order valence-electron chi connectivity index (χ1n) is 12.9. The summed E-state index contributed by atoms with van der Waals surface area (Å²) in [7, 11) is 0. The van der Waals surface area contributed by atoms with E-state index in [1.807, 2.05) is 4.90 Å². The molecule has 13 heteroatoms. The minimum absolute atomic E-state index is 0.0546. The summed E-state index contributed by atoms with van der Waals surface area (Å²) in [4.78, 5) is 25.9. The van der Waals surface area contributed by atoms with E-state index < -0.39 is 36.9 Å². The molecule has 0 bridgehead atoms. The van der Waals surface area contributed by atoms with E-state index in [0.29, 0.717) is 24.5 Å². The van der Waals surface area contributed by atoms with E-state index in [1.54, 1.807) is 24.3 Å². The summed E-state index contributed by atoms with van der Waals surface area (Å²) in [5.41, 5.74) is 6.42. The molecule has 1 aromatic heterocycles. The number of hydrogen-bond acceptors (Lipinski definition) is 11. The number of hydrogen-bond donors (Lipinski definition) is 7. The van der Waals surface area contributed by atoms with Gasteiger partial charge in [-0.1, -0.05) is 26.2 Å². The molecule has 0 spiro atoms. The van der Waals surface area contributed by atoms with Crippen molar-refractivity contribution in [2.75, 3.05) is 32.8 Å². The van der Waals surface area contributed by atoms with Crippen molar-refractivity contribution in [3.8, 4) is 5.75 Å². The van der Waals surface area contributed by atoms with Crippen LogP contribution in [0.1, 0.15) is 43.1 Å². The minimum atomic E-state index is -1.67. The van der Waals surface area contributed by atoms with Gasteiger partial charge < -0.3 is 36.0 Å². The number of nitrogens with zero attached hydrogens (tertiary/aromatic N) is 4. The van der Waals surface area contributed by atoms with Gasteiger partial charge in [-0.15, -0.1) is 0 Å². The zero-order chi connectivity index (χ0) is 28.6. The van der Waals surface area contributed by atoms with Crippen LogP contribution < -0.4 is 15.8 Å². The maximum Gasteiger partial charge on any atom is 0.278 e. The molecule has 0 saturated heterocycles. The molecule has 0 aliphatic rings. The molecular weight excluding hydrogens is 508 g/mol. The number of aliphatic imine (C=N–C) groups is 1. The lowest BCUT2D eigenvalue weighted by molar-refractivity contribution is -0.119. The first-order valence-corrected chi connectivity index (χ1v) is 12.9. The van der Waals surface area contributed by atoms with Crippen molar-refractivity contribution < 1.29 is 35.1 Å². The maximum atomic E-state index is 12.1. The third kappa shape index (κ3) is 11.6.